The van der Waals surface area contributed by atoms with Crippen LogP contribution in [0.3, 0.4) is 0 Å². The summed E-state index contributed by atoms with van der Waals surface area (Å²) in [5, 5.41) is 12.0. The Balaban J connectivity index is 2.06. The maximum atomic E-state index is 8.67. The second-order valence-electron chi connectivity index (χ2n) is 3.30. The minimum absolute atomic E-state index is 0.441. The van der Waals surface area contributed by atoms with E-state index in [1.54, 1.807) is 6.07 Å². The highest BCUT2D eigenvalue weighted by Gasteiger charge is 2.09. The summed E-state index contributed by atoms with van der Waals surface area (Å²) in [5.74, 6) is 0.790. The zero-order valence-corrected chi connectivity index (χ0v) is 7.77. The molecule has 1 heterocycles. The summed E-state index contributed by atoms with van der Waals surface area (Å²) in [7, 11) is 0. The molecule has 0 radical (unpaired) electrons. The molecule has 0 aromatic carbocycles. The van der Waals surface area contributed by atoms with Gasteiger partial charge in [-0.15, -0.1) is 0 Å². The highest BCUT2D eigenvalue weighted by Crippen LogP contribution is 2.15. The van der Waals surface area contributed by atoms with E-state index >= 15 is 0 Å². The molecule has 0 atom stereocenters. The van der Waals surface area contributed by atoms with Crippen molar-refractivity contribution in [3.8, 4) is 6.07 Å². The second-order valence-corrected chi connectivity index (χ2v) is 3.30. The Hall–Kier alpha value is -1.82. The quantitative estimate of drug-likeness (QED) is 0.717. The van der Waals surface area contributed by atoms with Crippen LogP contribution in [0.15, 0.2) is 30.4 Å². The van der Waals surface area contributed by atoms with Gasteiger partial charge in [0.2, 0.25) is 0 Å². The first kappa shape index (κ1) is 8.76. The number of hydrogen-bond acceptors (Lipinski definition) is 3. The predicted octanol–water partition coefficient (Wildman–Crippen LogP) is 2.08. The van der Waals surface area contributed by atoms with E-state index in [-0.39, 0.29) is 0 Å². The molecule has 1 N–H and O–H groups in total. The van der Waals surface area contributed by atoms with E-state index in [1.807, 2.05) is 18.2 Å². The Morgan fingerprint density at radius 2 is 2.14 bits per heavy atom. The Morgan fingerprint density at radius 1 is 1.36 bits per heavy atom. The van der Waals surface area contributed by atoms with Crippen LogP contribution in [0.1, 0.15) is 18.5 Å². The van der Waals surface area contributed by atoms with Gasteiger partial charge in [-0.05, 0) is 25.0 Å². The summed E-state index contributed by atoms with van der Waals surface area (Å²) in [6.45, 7) is 0. The lowest BCUT2D eigenvalue weighted by atomic mass is 10.2. The summed E-state index contributed by atoms with van der Waals surface area (Å²) in [6, 6.07) is 7.90. The van der Waals surface area contributed by atoms with Crippen molar-refractivity contribution >= 4 is 5.82 Å². The average Bonchev–Trinajstić information content (AvgIpc) is 2.71. The van der Waals surface area contributed by atoms with Crippen LogP contribution < -0.4 is 5.32 Å². The van der Waals surface area contributed by atoms with Gasteiger partial charge in [0.05, 0.1) is 0 Å². The molecule has 0 aliphatic heterocycles. The predicted molar refractivity (Wildman–Crippen MR) is 54.7 cm³/mol. The van der Waals surface area contributed by atoms with Crippen LogP contribution in [-0.2, 0) is 0 Å². The lowest BCUT2D eigenvalue weighted by Gasteiger charge is -2.12. The number of nitrogens with one attached hydrogen (secondary N) is 1. The van der Waals surface area contributed by atoms with Gasteiger partial charge in [0.15, 0.2) is 0 Å². The second kappa shape index (κ2) is 3.93. The molecule has 1 aromatic rings. The third kappa shape index (κ3) is 1.91. The molecule has 3 nitrogen and oxygen atoms in total. The zero-order chi connectivity index (χ0) is 9.80. The number of pyridine rings is 1. The van der Waals surface area contributed by atoms with Gasteiger partial charge in [-0.25, -0.2) is 4.98 Å². The molecule has 0 fully saturated rings. The van der Waals surface area contributed by atoms with Crippen LogP contribution in [0.5, 0.6) is 0 Å². The number of hydrogen-bond donors (Lipinski definition) is 1. The van der Waals surface area contributed by atoms with Gasteiger partial charge in [0.25, 0.3) is 0 Å². The fourth-order valence-corrected chi connectivity index (χ4v) is 1.52. The van der Waals surface area contributed by atoms with Gasteiger partial charge in [0, 0.05) is 6.04 Å². The van der Waals surface area contributed by atoms with E-state index in [9.17, 15) is 0 Å². The topological polar surface area (TPSA) is 48.7 Å². The smallest absolute Gasteiger partial charge is 0.142 e. The van der Waals surface area contributed by atoms with Crippen molar-refractivity contribution in [1.82, 2.24) is 4.98 Å². The highest BCUT2D eigenvalue weighted by molar-refractivity contribution is 5.39. The van der Waals surface area contributed by atoms with Crippen LogP contribution in [0.25, 0.3) is 0 Å². The van der Waals surface area contributed by atoms with Crippen molar-refractivity contribution in [3.05, 3.63) is 36.0 Å². The van der Waals surface area contributed by atoms with Gasteiger partial charge in [-0.2, -0.15) is 5.26 Å². The first-order valence-electron chi connectivity index (χ1n) is 4.67. The maximum absolute atomic E-state index is 8.67. The van der Waals surface area contributed by atoms with Gasteiger partial charge in [0.1, 0.15) is 17.6 Å². The lowest BCUT2D eigenvalue weighted by Crippen LogP contribution is -2.15. The third-order valence-corrected chi connectivity index (χ3v) is 2.22. The van der Waals surface area contributed by atoms with Crippen LogP contribution in [0.4, 0.5) is 5.82 Å². The molecule has 0 unspecified atom stereocenters. The number of anilines is 1. The largest absolute Gasteiger partial charge is 0.367 e. The van der Waals surface area contributed by atoms with Gasteiger partial charge >= 0.3 is 0 Å². The monoisotopic (exact) mass is 185 g/mol. The fourth-order valence-electron chi connectivity index (χ4n) is 1.52. The van der Waals surface area contributed by atoms with Crippen LogP contribution >= 0.6 is 0 Å². The molecule has 14 heavy (non-hydrogen) atoms. The molecule has 0 saturated carbocycles. The molecular formula is C11H11N3. The normalized spacial score (nSPS) is 15.4. The molecule has 1 aromatic heterocycles. The van der Waals surface area contributed by atoms with Crippen molar-refractivity contribution in [2.45, 2.75) is 18.9 Å². The molecule has 2 rings (SSSR count). The summed E-state index contributed by atoms with van der Waals surface area (Å²) >= 11 is 0. The number of nitriles is 1. The zero-order valence-electron chi connectivity index (χ0n) is 7.77. The van der Waals surface area contributed by atoms with Gasteiger partial charge in [-0.3, -0.25) is 0 Å². The fraction of sp³-hybridized carbons (Fsp3) is 0.273. The third-order valence-electron chi connectivity index (χ3n) is 2.22. The first-order valence-corrected chi connectivity index (χ1v) is 4.67. The minimum Gasteiger partial charge on any atom is -0.367 e. The molecule has 0 spiro atoms. The van der Waals surface area contributed by atoms with Crippen molar-refractivity contribution in [1.29, 1.82) is 5.26 Å². The molecular weight excluding hydrogens is 174 g/mol. The molecule has 0 saturated heterocycles. The number of nitrogens with zero attached hydrogens (tertiary/aromatic N) is 2. The Labute approximate surface area is 83.1 Å². The lowest BCUT2D eigenvalue weighted by molar-refractivity contribution is 0.780. The molecule has 1 aliphatic carbocycles. The highest BCUT2D eigenvalue weighted by atomic mass is 15.0. The summed E-state index contributed by atoms with van der Waals surface area (Å²) in [6.07, 6.45) is 6.40. The van der Waals surface area contributed by atoms with Crippen molar-refractivity contribution in [3.63, 3.8) is 0 Å². The minimum atomic E-state index is 0.441. The molecule has 0 bridgehead atoms. The number of rotatable bonds is 2. The summed E-state index contributed by atoms with van der Waals surface area (Å²) in [4.78, 5) is 4.15. The maximum Gasteiger partial charge on any atom is 0.142 e. The SMILES string of the molecule is N#Cc1cccc(NC2CC=CC2)n1. The average molecular weight is 185 g/mol. The van der Waals surface area contributed by atoms with E-state index in [2.05, 4.69) is 22.5 Å². The molecule has 1 aliphatic rings. The van der Waals surface area contributed by atoms with Gasteiger partial charge < -0.3 is 5.32 Å². The van der Waals surface area contributed by atoms with Crippen LogP contribution in [-0.4, -0.2) is 11.0 Å². The van der Waals surface area contributed by atoms with Crippen molar-refractivity contribution in [2.75, 3.05) is 5.32 Å². The van der Waals surface area contributed by atoms with Crippen molar-refractivity contribution < 1.29 is 0 Å². The van der Waals surface area contributed by atoms with Crippen LogP contribution in [0, 0.1) is 11.3 Å². The van der Waals surface area contributed by atoms with E-state index in [4.69, 9.17) is 5.26 Å². The van der Waals surface area contributed by atoms with E-state index in [1.165, 1.54) is 0 Å². The van der Waals surface area contributed by atoms with E-state index in [0.29, 0.717) is 11.7 Å². The molecule has 70 valence electrons. The Kier molecular flexibility index (Phi) is 2.46. The Morgan fingerprint density at radius 3 is 2.86 bits per heavy atom. The summed E-state index contributed by atoms with van der Waals surface area (Å²) in [5.41, 5.74) is 0.459. The van der Waals surface area contributed by atoms with Crippen molar-refractivity contribution in [2.24, 2.45) is 0 Å². The Bertz CT molecular complexity index is 382. The standard InChI is InChI=1S/C11H11N3/c12-8-10-6-3-7-11(14-10)13-9-4-1-2-5-9/h1-3,6-7,9H,4-5H2,(H,13,14). The van der Waals surface area contributed by atoms with E-state index in [0.717, 1.165) is 18.7 Å². The summed E-state index contributed by atoms with van der Waals surface area (Å²) < 4.78 is 0. The van der Waals surface area contributed by atoms with Crippen LogP contribution in [0.2, 0.25) is 0 Å². The first-order chi connectivity index (χ1) is 6.88. The van der Waals surface area contributed by atoms with E-state index < -0.39 is 0 Å². The molecule has 0 amide bonds. The van der Waals surface area contributed by atoms with Gasteiger partial charge in [-0.1, -0.05) is 18.2 Å². The molecule has 3 heteroatoms. The number of aromatic nitrogens is 1.